The topological polar surface area (TPSA) is 79.2 Å². The van der Waals surface area contributed by atoms with Gasteiger partial charge < -0.3 is 4.90 Å². The van der Waals surface area contributed by atoms with E-state index in [1.165, 1.54) is 11.3 Å². The minimum absolute atomic E-state index is 0.0513. The molecule has 0 aromatic carbocycles. The van der Waals surface area contributed by atoms with Crippen molar-refractivity contribution < 1.29 is 9.32 Å². The minimum atomic E-state index is -0.545. The maximum absolute atomic E-state index is 12.5. The third-order valence-electron chi connectivity index (χ3n) is 3.64. The molecule has 1 saturated heterocycles. The zero-order valence-corrected chi connectivity index (χ0v) is 11.9. The standard InChI is InChI=1S/C13H15N3O3S/c1-2-8-4-6-20-10(8)12(17)16-5-3-9(7-16)11-14-13(18)19-15-11/h4,6,9H,2-3,5,7H2,1H3,(H,14,15,18). The first-order valence-corrected chi connectivity index (χ1v) is 7.48. The zero-order valence-electron chi connectivity index (χ0n) is 11.1. The number of carbonyl (C=O) groups is 1. The lowest BCUT2D eigenvalue weighted by Crippen LogP contribution is -2.28. The Morgan fingerprint density at radius 2 is 2.50 bits per heavy atom. The number of nitrogens with zero attached hydrogens (tertiary/aromatic N) is 2. The average Bonchev–Trinajstić information content (AvgIpc) is 3.17. The predicted octanol–water partition coefficient (Wildman–Crippen LogP) is 1.62. The molecular weight excluding hydrogens is 278 g/mol. The van der Waals surface area contributed by atoms with E-state index in [0.717, 1.165) is 23.3 Å². The quantitative estimate of drug-likeness (QED) is 0.932. The molecule has 0 aliphatic carbocycles. The van der Waals surface area contributed by atoms with Crippen LogP contribution in [0.15, 0.2) is 20.8 Å². The first kappa shape index (κ1) is 13.1. The summed E-state index contributed by atoms with van der Waals surface area (Å²) in [5.41, 5.74) is 1.10. The van der Waals surface area contributed by atoms with Crippen molar-refractivity contribution >= 4 is 17.2 Å². The molecule has 0 radical (unpaired) electrons. The van der Waals surface area contributed by atoms with Crippen LogP contribution in [0.25, 0.3) is 0 Å². The number of likely N-dealkylation sites (tertiary alicyclic amines) is 1. The molecule has 7 heteroatoms. The maximum Gasteiger partial charge on any atom is 0.438 e. The second kappa shape index (κ2) is 5.24. The molecule has 3 rings (SSSR count). The summed E-state index contributed by atoms with van der Waals surface area (Å²) < 4.78 is 4.52. The van der Waals surface area contributed by atoms with Gasteiger partial charge in [-0.25, -0.2) is 4.79 Å². The van der Waals surface area contributed by atoms with Crippen LogP contribution in [0.3, 0.4) is 0 Å². The first-order chi connectivity index (χ1) is 9.69. The van der Waals surface area contributed by atoms with E-state index in [2.05, 4.69) is 14.7 Å². The fourth-order valence-corrected chi connectivity index (χ4v) is 3.49. The Kier molecular flexibility index (Phi) is 3.43. The van der Waals surface area contributed by atoms with E-state index in [0.29, 0.717) is 18.9 Å². The third kappa shape index (κ3) is 2.29. The monoisotopic (exact) mass is 293 g/mol. The Bertz CT molecular complexity index is 672. The lowest BCUT2D eigenvalue weighted by Gasteiger charge is -2.15. The molecule has 0 spiro atoms. The number of amides is 1. The summed E-state index contributed by atoms with van der Waals surface area (Å²) in [4.78, 5) is 28.7. The maximum atomic E-state index is 12.5. The Morgan fingerprint density at radius 3 is 3.20 bits per heavy atom. The van der Waals surface area contributed by atoms with E-state index in [4.69, 9.17) is 0 Å². The van der Waals surface area contributed by atoms with Crippen LogP contribution >= 0.6 is 11.3 Å². The van der Waals surface area contributed by atoms with Crippen molar-refractivity contribution in [1.29, 1.82) is 0 Å². The van der Waals surface area contributed by atoms with Gasteiger partial charge in [0.05, 0.1) is 4.88 Å². The fraction of sp³-hybridized carbons (Fsp3) is 0.462. The number of thiophene rings is 1. The van der Waals surface area contributed by atoms with Crippen LogP contribution in [0, 0.1) is 0 Å². The van der Waals surface area contributed by atoms with Crippen molar-refractivity contribution in [2.45, 2.75) is 25.7 Å². The molecule has 1 aliphatic heterocycles. The Balaban J connectivity index is 1.74. The molecule has 0 saturated carbocycles. The largest absolute Gasteiger partial charge is 0.438 e. The van der Waals surface area contributed by atoms with E-state index >= 15 is 0 Å². The lowest BCUT2D eigenvalue weighted by molar-refractivity contribution is 0.0794. The Morgan fingerprint density at radius 1 is 1.65 bits per heavy atom. The SMILES string of the molecule is CCc1ccsc1C(=O)N1CCC(c2noc(=O)[nH]2)C1. The van der Waals surface area contributed by atoms with Crippen molar-refractivity contribution in [3.63, 3.8) is 0 Å². The van der Waals surface area contributed by atoms with E-state index < -0.39 is 5.76 Å². The molecule has 2 aromatic heterocycles. The fourth-order valence-electron chi connectivity index (χ4n) is 2.53. The van der Waals surface area contributed by atoms with Gasteiger partial charge in [-0.05, 0) is 29.9 Å². The highest BCUT2D eigenvalue weighted by Crippen LogP contribution is 2.27. The number of aryl methyl sites for hydroxylation is 1. The molecule has 1 amide bonds. The second-order valence-electron chi connectivity index (χ2n) is 4.85. The van der Waals surface area contributed by atoms with E-state index in [-0.39, 0.29) is 11.8 Å². The molecule has 6 nitrogen and oxygen atoms in total. The van der Waals surface area contributed by atoms with Crippen molar-refractivity contribution in [2.24, 2.45) is 0 Å². The highest BCUT2D eigenvalue weighted by molar-refractivity contribution is 7.12. The van der Waals surface area contributed by atoms with Gasteiger partial charge in [0.25, 0.3) is 5.91 Å². The number of nitrogens with one attached hydrogen (secondary N) is 1. The van der Waals surface area contributed by atoms with Gasteiger partial charge in [0.15, 0.2) is 5.82 Å². The van der Waals surface area contributed by atoms with E-state index in [9.17, 15) is 9.59 Å². The Hall–Kier alpha value is -1.89. The molecule has 3 heterocycles. The Labute approximate surface area is 119 Å². The lowest BCUT2D eigenvalue weighted by atomic mass is 10.1. The van der Waals surface area contributed by atoms with Crippen LogP contribution in [-0.2, 0) is 6.42 Å². The molecule has 1 unspecified atom stereocenters. The van der Waals surface area contributed by atoms with Gasteiger partial charge in [-0.2, -0.15) is 0 Å². The van der Waals surface area contributed by atoms with Crippen LogP contribution in [0.1, 0.15) is 40.3 Å². The number of aromatic amines is 1. The number of carbonyl (C=O) groups excluding carboxylic acids is 1. The number of hydrogen-bond donors (Lipinski definition) is 1. The van der Waals surface area contributed by atoms with Crippen molar-refractivity contribution in [3.05, 3.63) is 38.3 Å². The van der Waals surface area contributed by atoms with Crippen LogP contribution < -0.4 is 5.76 Å². The summed E-state index contributed by atoms with van der Waals surface area (Å²) in [7, 11) is 0. The van der Waals surface area contributed by atoms with Crippen LogP contribution in [-0.4, -0.2) is 34.0 Å². The summed E-state index contributed by atoms with van der Waals surface area (Å²) in [5.74, 6) is 0.115. The molecule has 1 fully saturated rings. The van der Waals surface area contributed by atoms with Gasteiger partial charge in [-0.1, -0.05) is 12.1 Å². The normalized spacial score (nSPS) is 18.6. The van der Waals surface area contributed by atoms with Crippen molar-refractivity contribution in [3.8, 4) is 0 Å². The van der Waals surface area contributed by atoms with Gasteiger partial charge in [0.1, 0.15) is 0 Å². The average molecular weight is 293 g/mol. The summed E-state index contributed by atoms with van der Waals surface area (Å²) in [6.07, 6.45) is 1.65. The minimum Gasteiger partial charge on any atom is -0.337 e. The predicted molar refractivity (Wildman–Crippen MR) is 74.1 cm³/mol. The molecule has 0 bridgehead atoms. The van der Waals surface area contributed by atoms with Crippen LogP contribution in [0.5, 0.6) is 0 Å². The van der Waals surface area contributed by atoms with E-state index in [1.807, 2.05) is 23.3 Å². The highest BCUT2D eigenvalue weighted by Gasteiger charge is 2.31. The van der Waals surface area contributed by atoms with E-state index in [1.54, 1.807) is 0 Å². The van der Waals surface area contributed by atoms with Gasteiger partial charge in [0, 0.05) is 19.0 Å². The zero-order chi connectivity index (χ0) is 14.1. The molecule has 2 aromatic rings. The summed E-state index contributed by atoms with van der Waals surface area (Å²) in [6.45, 7) is 3.30. The number of hydrogen-bond acceptors (Lipinski definition) is 5. The van der Waals surface area contributed by atoms with Gasteiger partial charge in [0.2, 0.25) is 0 Å². The summed E-state index contributed by atoms with van der Waals surface area (Å²) in [6, 6.07) is 2.00. The molecule has 106 valence electrons. The molecular formula is C13H15N3O3S. The van der Waals surface area contributed by atoms with Crippen LogP contribution in [0.2, 0.25) is 0 Å². The van der Waals surface area contributed by atoms with Crippen molar-refractivity contribution in [1.82, 2.24) is 15.0 Å². The van der Waals surface area contributed by atoms with Crippen LogP contribution in [0.4, 0.5) is 0 Å². The molecule has 1 aliphatic rings. The number of H-pyrrole nitrogens is 1. The summed E-state index contributed by atoms with van der Waals surface area (Å²) in [5, 5.41) is 5.66. The second-order valence-corrected chi connectivity index (χ2v) is 5.76. The number of aromatic nitrogens is 2. The van der Waals surface area contributed by atoms with Gasteiger partial charge >= 0.3 is 5.76 Å². The summed E-state index contributed by atoms with van der Waals surface area (Å²) >= 11 is 1.49. The third-order valence-corrected chi connectivity index (χ3v) is 4.59. The molecule has 1 N–H and O–H groups in total. The highest BCUT2D eigenvalue weighted by atomic mass is 32.1. The molecule has 20 heavy (non-hydrogen) atoms. The molecule has 1 atom stereocenters. The van der Waals surface area contributed by atoms with Gasteiger partial charge in [-0.15, -0.1) is 11.3 Å². The van der Waals surface area contributed by atoms with Crippen molar-refractivity contribution in [2.75, 3.05) is 13.1 Å². The first-order valence-electron chi connectivity index (χ1n) is 6.60. The smallest absolute Gasteiger partial charge is 0.337 e. The van der Waals surface area contributed by atoms with Gasteiger partial charge in [-0.3, -0.25) is 14.3 Å². The number of rotatable bonds is 3.